The number of nitrogens with one attached hydrogen (secondary N) is 1. The second kappa shape index (κ2) is 10.0. The first kappa shape index (κ1) is 20.8. The molecule has 1 aliphatic heterocycles. The molecule has 0 aromatic heterocycles. The molecule has 154 valence electrons. The van der Waals surface area contributed by atoms with Crippen molar-refractivity contribution in [2.75, 3.05) is 36.4 Å². The third-order valence-electron chi connectivity index (χ3n) is 5.29. The maximum atomic E-state index is 13.8. The van der Waals surface area contributed by atoms with E-state index >= 15 is 0 Å². The van der Waals surface area contributed by atoms with Crippen LogP contribution >= 0.6 is 0 Å². The van der Waals surface area contributed by atoms with Crippen molar-refractivity contribution in [1.29, 1.82) is 0 Å². The van der Waals surface area contributed by atoms with Crippen LogP contribution in [0.2, 0.25) is 0 Å². The number of hydrogen-bond donors (Lipinski definition) is 1. The van der Waals surface area contributed by atoms with Crippen molar-refractivity contribution in [2.45, 2.75) is 32.6 Å². The highest BCUT2D eigenvalue weighted by Crippen LogP contribution is 2.22. The van der Waals surface area contributed by atoms with E-state index in [0.717, 1.165) is 18.8 Å². The summed E-state index contributed by atoms with van der Waals surface area (Å²) in [6, 6.07) is 14.4. The van der Waals surface area contributed by atoms with Crippen molar-refractivity contribution in [1.82, 2.24) is 4.90 Å². The summed E-state index contributed by atoms with van der Waals surface area (Å²) in [5.41, 5.74) is 2.50. The molecule has 3 rings (SSSR count). The highest BCUT2D eigenvalue weighted by atomic mass is 19.1. The summed E-state index contributed by atoms with van der Waals surface area (Å²) in [5, 5.41) is 2.88. The standard InChI is InChI=1S/C23H28FN3O2/c1-18(28)26(16-12-19-6-2-3-7-22(19)24)17-13-23(29)25-20-8-10-21(11-9-20)27-14-4-5-15-27/h2-3,6-11H,4-5,12-17H2,1H3,(H,25,29). The minimum absolute atomic E-state index is 0.121. The molecule has 1 aliphatic rings. The fourth-order valence-corrected chi connectivity index (χ4v) is 3.57. The predicted octanol–water partition coefficient (Wildman–Crippen LogP) is 3.85. The Balaban J connectivity index is 1.47. The number of benzene rings is 2. The molecule has 2 amide bonds. The third-order valence-corrected chi connectivity index (χ3v) is 5.29. The summed E-state index contributed by atoms with van der Waals surface area (Å²) < 4.78 is 13.8. The van der Waals surface area contributed by atoms with Crippen LogP contribution in [0.15, 0.2) is 48.5 Å². The van der Waals surface area contributed by atoms with Gasteiger partial charge in [-0.25, -0.2) is 4.39 Å². The number of hydrogen-bond acceptors (Lipinski definition) is 3. The van der Waals surface area contributed by atoms with E-state index in [0.29, 0.717) is 25.1 Å². The zero-order chi connectivity index (χ0) is 20.6. The lowest BCUT2D eigenvalue weighted by molar-refractivity contribution is -0.129. The number of nitrogens with zero attached hydrogens (tertiary/aromatic N) is 2. The van der Waals surface area contributed by atoms with Gasteiger partial charge in [-0.2, -0.15) is 0 Å². The summed E-state index contributed by atoms with van der Waals surface area (Å²) in [4.78, 5) is 28.1. The van der Waals surface area contributed by atoms with E-state index in [1.165, 1.54) is 31.5 Å². The zero-order valence-electron chi connectivity index (χ0n) is 16.9. The quantitative estimate of drug-likeness (QED) is 0.736. The summed E-state index contributed by atoms with van der Waals surface area (Å²) in [6.07, 6.45) is 3.07. The second-order valence-electron chi connectivity index (χ2n) is 7.39. The zero-order valence-corrected chi connectivity index (χ0v) is 16.9. The van der Waals surface area contributed by atoms with Crippen molar-refractivity contribution in [3.05, 3.63) is 59.9 Å². The number of halogens is 1. The van der Waals surface area contributed by atoms with E-state index in [-0.39, 0.29) is 24.1 Å². The molecule has 0 saturated carbocycles. The molecule has 1 N–H and O–H groups in total. The average Bonchev–Trinajstić information content (AvgIpc) is 3.24. The number of anilines is 2. The van der Waals surface area contributed by atoms with E-state index in [2.05, 4.69) is 10.2 Å². The van der Waals surface area contributed by atoms with Crippen LogP contribution < -0.4 is 10.2 Å². The molecular weight excluding hydrogens is 369 g/mol. The summed E-state index contributed by atoms with van der Waals surface area (Å²) in [7, 11) is 0. The third kappa shape index (κ3) is 6.04. The van der Waals surface area contributed by atoms with Crippen molar-refractivity contribution in [2.24, 2.45) is 0 Å². The van der Waals surface area contributed by atoms with Gasteiger partial charge in [0.15, 0.2) is 0 Å². The van der Waals surface area contributed by atoms with Crippen LogP contribution in [0.5, 0.6) is 0 Å². The van der Waals surface area contributed by atoms with E-state index in [9.17, 15) is 14.0 Å². The molecule has 0 bridgehead atoms. The lowest BCUT2D eigenvalue weighted by atomic mass is 10.1. The molecule has 29 heavy (non-hydrogen) atoms. The van der Waals surface area contributed by atoms with Crippen LogP contribution in [0.25, 0.3) is 0 Å². The topological polar surface area (TPSA) is 52.7 Å². The molecule has 2 aromatic rings. The van der Waals surface area contributed by atoms with Gasteiger partial charge in [0, 0.05) is 50.9 Å². The smallest absolute Gasteiger partial charge is 0.226 e. The minimum atomic E-state index is -0.272. The predicted molar refractivity (Wildman–Crippen MR) is 113 cm³/mol. The van der Waals surface area contributed by atoms with Crippen molar-refractivity contribution >= 4 is 23.2 Å². The monoisotopic (exact) mass is 397 g/mol. The number of rotatable bonds is 8. The van der Waals surface area contributed by atoms with Gasteiger partial charge in [0.25, 0.3) is 0 Å². The maximum Gasteiger partial charge on any atom is 0.226 e. The highest BCUT2D eigenvalue weighted by molar-refractivity contribution is 5.91. The van der Waals surface area contributed by atoms with Gasteiger partial charge in [-0.05, 0) is 55.2 Å². The van der Waals surface area contributed by atoms with Crippen LogP contribution in [0.3, 0.4) is 0 Å². The molecule has 1 fully saturated rings. The van der Waals surface area contributed by atoms with Gasteiger partial charge in [0.1, 0.15) is 5.82 Å². The normalized spacial score (nSPS) is 13.4. The summed E-state index contributed by atoms with van der Waals surface area (Å²) in [6.45, 7) is 4.32. The lowest BCUT2D eigenvalue weighted by Crippen LogP contribution is -2.33. The molecule has 1 saturated heterocycles. The molecule has 5 nitrogen and oxygen atoms in total. The van der Waals surface area contributed by atoms with Crippen molar-refractivity contribution in [3.63, 3.8) is 0 Å². The van der Waals surface area contributed by atoms with Crippen LogP contribution in [0, 0.1) is 5.82 Å². The van der Waals surface area contributed by atoms with Crippen molar-refractivity contribution in [3.8, 4) is 0 Å². The Morgan fingerprint density at radius 3 is 2.38 bits per heavy atom. The molecule has 6 heteroatoms. The van der Waals surface area contributed by atoms with Crippen LogP contribution in [-0.2, 0) is 16.0 Å². The minimum Gasteiger partial charge on any atom is -0.372 e. The summed E-state index contributed by atoms with van der Waals surface area (Å²) >= 11 is 0. The molecule has 2 aromatic carbocycles. The molecule has 1 heterocycles. The fourth-order valence-electron chi connectivity index (χ4n) is 3.57. The number of carbonyl (C=O) groups is 2. The van der Waals surface area contributed by atoms with Gasteiger partial charge >= 0.3 is 0 Å². The first-order chi connectivity index (χ1) is 14.0. The van der Waals surface area contributed by atoms with Gasteiger partial charge < -0.3 is 15.1 Å². The Morgan fingerprint density at radius 2 is 1.72 bits per heavy atom. The number of amides is 2. The Hall–Kier alpha value is -2.89. The van der Waals surface area contributed by atoms with Gasteiger partial charge in [-0.15, -0.1) is 0 Å². The van der Waals surface area contributed by atoms with Crippen LogP contribution in [-0.4, -0.2) is 42.9 Å². The average molecular weight is 397 g/mol. The highest BCUT2D eigenvalue weighted by Gasteiger charge is 2.14. The fraction of sp³-hybridized carbons (Fsp3) is 0.391. The molecule has 0 spiro atoms. The van der Waals surface area contributed by atoms with E-state index in [4.69, 9.17) is 0 Å². The summed E-state index contributed by atoms with van der Waals surface area (Å²) in [5.74, 6) is -0.536. The first-order valence-electron chi connectivity index (χ1n) is 10.2. The van der Waals surface area contributed by atoms with Gasteiger partial charge in [-0.3, -0.25) is 9.59 Å². The first-order valence-corrected chi connectivity index (χ1v) is 10.2. The largest absolute Gasteiger partial charge is 0.372 e. The van der Waals surface area contributed by atoms with Crippen LogP contribution in [0.4, 0.5) is 15.8 Å². The van der Waals surface area contributed by atoms with E-state index in [1.807, 2.05) is 24.3 Å². The Bertz CT molecular complexity index is 832. The number of carbonyl (C=O) groups excluding carboxylic acids is 2. The van der Waals surface area contributed by atoms with Gasteiger partial charge in [0.2, 0.25) is 11.8 Å². The van der Waals surface area contributed by atoms with E-state index in [1.54, 1.807) is 23.1 Å². The SMILES string of the molecule is CC(=O)N(CCC(=O)Nc1ccc(N2CCCC2)cc1)CCc1ccccc1F. The van der Waals surface area contributed by atoms with E-state index < -0.39 is 0 Å². The Kier molecular flexibility index (Phi) is 7.22. The van der Waals surface area contributed by atoms with Crippen molar-refractivity contribution < 1.29 is 14.0 Å². The lowest BCUT2D eigenvalue weighted by Gasteiger charge is -2.21. The molecule has 0 aliphatic carbocycles. The van der Waals surface area contributed by atoms with Gasteiger partial charge in [-0.1, -0.05) is 18.2 Å². The van der Waals surface area contributed by atoms with Crippen LogP contribution in [0.1, 0.15) is 31.7 Å². The molecule has 0 unspecified atom stereocenters. The Morgan fingerprint density at radius 1 is 1.03 bits per heavy atom. The molecule has 0 radical (unpaired) electrons. The maximum absolute atomic E-state index is 13.8. The van der Waals surface area contributed by atoms with Gasteiger partial charge in [0.05, 0.1) is 0 Å². The molecular formula is C23H28FN3O2. The second-order valence-corrected chi connectivity index (χ2v) is 7.39. The Labute approximate surface area is 171 Å². The molecule has 0 atom stereocenters.